The lowest BCUT2D eigenvalue weighted by Gasteiger charge is -2.16. The van der Waals surface area contributed by atoms with Gasteiger partial charge in [0.2, 0.25) is 0 Å². The second-order valence-electron chi connectivity index (χ2n) is 6.88. The van der Waals surface area contributed by atoms with Crippen molar-refractivity contribution in [2.45, 2.75) is 33.6 Å². The fraction of sp³-hybridized carbons (Fsp3) is 0.364. The Balaban J connectivity index is 1.90. The van der Waals surface area contributed by atoms with E-state index in [1.165, 1.54) is 0 Å². The number of carbonyl (C=O) groups is 2. The highest BCUT2D eigenvalue weighted by Crippen LogP contribution is 2.20. The van der Waals surface area contributed by atoms with E-state index in [2.05, 4.69) is 24.5 Å². The van der Waals surface area contributed by atoms with Gasteiger partial charge in [-0.25, -0.2) is 0 Å². The molecule has 0 aromatic heterocycles. The van der Waals surface area contributed by atoms with Gasteiger partial charge in [-0.2, -0.15) is 0 Å². The van der Waals surface area contributed by atoms with Crippen molar-refractivity contribution in [3.8, 4) is 0 Å². The molecule has 2 aromatic carbocycles. The first-order valence-corrected chi connectivity index (χ1v) is 9.52. The highest BCUT2D eigenvalue weighted by Gasteiger charge is 2.16. The van der Waals surface area contributed by atoms with Crippen molar-refractivity contribution in [3.05, 3.63) is 59.2 Å². The summed E-state index contributed by atoms with van der Waals surface area (Å²) in [5.41, 5.74) is 5.01. The van der Waals surface area contributed by atoms with E-state index in [-0.39, 0.29) is 24.9 Å². The number of para-hydroxylation sites is 2. The normalized spacial score (nSPS) is 11.7. The third kappa shape index (κ3) is 5.93. The number of anilines is 2. The van der Waals surface area contributed by atoms with Gasteiger partial charge in [-0.05, 0) is 42.5 Å². The fourth-order valence-corrected chi connectivity index (χ4v) is 3.14. The molecule has 144 valence electrons. The van der Waals surface area contributed by atoms with Crippen LogP contribution in [-0.2, 0) is 22.4 Å². The van der Waals surface area contributed by atoms with Crippen LogP contribution in [0, 0.1) is 6.92 Å². The van der Waals surface area contributed by atoms with Crippen LogP contribution in [0.25, 0.3) is 0 Å². The minimum atomic E-state index is -0.0914. The van der Waals surface area contributed by atoms with Gasteiger partial charge in [0.25, 0.3) is 11.8 Å². The molecule has 0 aliphatic rings. The molecule has 5 nitrogen and oxygen atoms in total. The Morgan fingerprint density at radius 2 is 1.44 bits per heavy atom. The van der Waals surface area contributed by atoms with Crippen molar-refractivity contribution >= 4 is 23.2 Å². The smallest absolute Gasteiger partial charge is 0.279 e. The summed E-state index contributed by atoms with van der Waals surface area (Å²) >= 11 is 0. The number of carbonyl (C=O) groups excluding carboxylic acids is 2. The molecule has 3 N–H and O–H groups in total. The van der Waals surface area contributed by atoms with Crippen molar-refractivity contribution in [1.29, 1.82) is 0 Å². The first kappa shape index (κ1) is 20.6. The Labute approximate surface area is 161 Å². The van der Waals surface area contributed by atoms with E-state index >= 15 is 0 Å². The lowest BCUT2D eigenvalue weighted by Crippen LogP contribution is -3.11. The zero-order valence-corrected chi connectivity index (χ0v) is 16.7. The van der Waals surface area contributed by atoms with Gasteiger partial charge in [0.05, 0.1) is 7.05 Å². The van der Waals surface area contributed by atoms with E-state index in [4.69, 9.17) is 0 Å². The Hall–Kier alpha value is -2.66. The van der Waals surface area contributed by atoms with Crippen LogP contribution in [0.3, 0.4) is 0 Å². The number of quaternary nitrogens is 1. The Kier molecular flexibility index (Phi) is 7.55. The average Bonchev–Trinajstić information content (AvgIpc) is 2.63. The van der Waals surface area contributed by atoms with Crippen LogP contribution in [0.4, 0.5) is 11.4 Å². The van der Waals surface area contributed by atoms with E-state index in [1.54, 1.807) is 0 Å². The molecule has 0 radical (unpaired) electrons. The van der Waals surface area contributed by atoms with E-state index in [1.807, 2.05) is 56.4 Å². The fourth-order valence-electron chi connectivity index (χ4n) is 3.14. The van der Waals surface area contributed by atoms with Gasteiger partial charge in [-0.3, -0.25) is 9.59 Å². The van der Waals surface area contributed by atoms with Crippen LogP contribution in [-0.4, -0.2) is 32.0 Å². The monoisotopic (exact) mass is 368 g/mol. The largest absolute Gasteiger partial charge is 0.322 e. The van der Waals surface area contributed by atoms with Crippen molar-refractivity contribution in [2.24, 2.45) is 0 Å². The number of aryl methyl sites for hydroxylation is 3. The molecular weight excluding hydrogens is 338 g/mol. The molecule has 0 saturated carbocycles. The summed E-state index contributed by atoms with van der Waals surface area (Å²) in [6.45, 7) is 6.59. The van der Waals surface area contributed by atoms with Gasteiger partial charge in [-0.1, -0.05) is 50.2 Å². The van der Waals surface area contributed by atoms with E-state index in [9.17, 15) is 9.59 Å². The van der Waals surface area contributed by atoms with Crippen LogP contribution in [0.15, 0.2) is 42.5 Å². The summed E-state index contributed by atoms with van der Waals surface area (Å²) in [4.78, 5) is 25.6. The second-order valence-corrected chi connectivity index (χ2v) is 6.88. The summed E-state index contributed by atoms with van der Waals surface area (Å²) in [6, 6.07) is 13.8. The Morgan fingerprint density at radius 1 is 0.852 bits per heavy atom. The third-order valence-electron chi connectivity index (χ3n) is 4.60. The van der Waals surface area contributed by atoms with Crippen LogP contribution in [0.5, 0.6) is 0 Å². The molecule has 27 heavy (non-hydrogen) atoms. The number of nitrogens with one attached hydrogen (secondary N) is 3. The standard InChI is InChI=1S/C22H29N3O2/c1-5-17-11-7-8-13-19(17)23-20(26)14-25(4)15-21(27)24-22-16(3)10-9-12-18(22)6-2/h7-13H,5-6,14-15H2,1-4H3,(H,23,26)(H,24,27)/p+1. The SMILES string of the molecule is CCc1ccccc1NC(=O)C[NH+](C)CC(=O)Nc1c(C)cccc1CC. The maximum absolute atomic E-state index is 12.4. The van der Waals surface area contributed by atoms with Crippen LogP contribution >= 0.6 is 0 Å². The third-order valence-corrected chi connectivity index (χ3v) is 4.60. The summed E-state index contributed by atoms with van der Waals surface area (Å²) < 4.78 is 0. The Morgan fingerprint density at radius 3 is 2.11 bits per heavy atom. The van der Waals surface area contributed by atoms with Gasteiger partial charge in [0.15, 0.2) is 13.1 Å². The topological polar surface area (TPSA) is 62.6 Å². The van der Waals surface area contributed by atoms with E-state index < -0.39 is 0 Å². The van der Waals surface area contributed by atoms with E-state index in [0.717, 1.165) is 45.8 Å². The van der Waals surface area contributed by atoms with E-state index in [0.29, 0.717) is 0 Å². The number of benzene rings is 2. The van der Waals surface area contributed by atoms with Crippen molar-refractivity contribution < 1.29 is 14.5 Å². The molecule has 0 aliphatic heterocycles. The first-order valence-electron chi connectivity index (χ1n) is 9.52. The summed E-state index contributed by atoms with van der Waals surface area (Å²) in [6.07, 6.45) is 1.72. The number of likely N-dealkylation sites (N-methyl/N-ethyl adjacent to an activating group) is 1. The number of hydrogen-bond donors (Lipinski definition) is 3. The average molecular weight is 369 g/mol. The van der Waals surface area contributed by atoms with Crippen molar-refractivity contribution in [1.82, 2.24) is 0 Å². The molecule has 1 unspecified atom stereocenters. The lowest BCUT2D eigenvalue weighted by atomic mass is 10.1. The van der Waals surface area contributed by atoms with Gasteiger partial charge in [0.1, 0.15) is 0 Å². The molecule has 0 aliphatic carbocycles. The second kappa shape index (κ2) is 9.88. The highest BCUT2D eigenvalue weighted by molar-refractivity contribution is 5.94. The molecule has 1 atom stereocenters. The van der Waals surface area contributed by atoms with Gasteiger partial charge in [-0.15, -0.1) is 0 Å². The molecule has 5 heteroatoms. The molecule has 2 rings (SSSR count). The van der Waals surface area contributed by atoms with Crippen molar-refractivity contribution in [3.63, 3.8) is 0 Å². The maximum atomic E-state index is 12.4. The highest BCUT2D eigenvalue weighted by atomic mass is 16.2. The molecule has 2 aromatic rings. The molecule has 0 spiro atoms. The molecular formula is C22H30N3O2+. The first-order chi connectivity index (χ1) is 12.9. The molecule has 0 fully saturated rings. The minimum absolute atomic E-state index is 0.0849. The van der Waals surface area contributed by atoms with Crippen LogP contribution in [0.1, 0.15) is 30.5 Å². The van der Waals surface area contributed by atoms with Crippen molar-refractivity contribution in [2.75, 3.05) is 30.8 Å². The molecule has 0 heterocycles. The zero-order chi connectivity index (χ0) is 19.8. The number of amides is 2. The summed E-state index contributed by atoms with van der Waals surface area (Å²) in [5, 5.41) is 5.96. The molecule has 0 saturated heterocycles. The number of rotatable bonds is 8. The van der Waals surface area contributed by atoms with Crippen LogP contribution < -0.4 is 15.5 Å². The minimum Gasteiger partial charge on any atom is -0.322 e. The van der Waals surface area contributed by atoms with Gasteiger partial charge < -0.3 is 15.5 Å². The summed E-state index contributed by atoms with van der Waals surface area (Å²) in [7, 11) is 1.85. The predicted octanol–water partition coefficient (Wildman–Crippen LogP) is 2.21. The molecule has 2 amide bonds. The van der Waals surface area contributed by atoms with Gasteiger partial charge in [0, 0.05) is 11.4 Å². The maximum Gasteiger partial charge on any atom is 0.279 e. The summed E-state index contributed by atoms with van der Waals surface area (Å²) in [5.74, 6) is -0.176. The molecule has 0 bridgehead atoms. The Bertz CT molecular complexity index is 802. The van der Waals surface area contributed by atoms with Crippen LogP contribution in [0.2, 0.25) is 0 Å². The quantitative estimate of drug-likeness (QED) is 0.669. The van der Waals surface area contributed by atoms with Gasteiger partial charge >= 0.3 is 0 Å². The predicted molar refractivity (Wildman–Crippen MR) is 110 cm³/mol. The number of hydrogen-bond acceptors (Lipinski definition) is 2. The zero-order valence-electron chi connectivity index (χ0n) is 16.7. The lowest BCUT2D eigenvalue weighted by molar-refractivity contribution is -0.862.